The fourth-order valence-electron chi connectivity index (χ4n) is 1.78. The Labute approximate surface area is 143 Å². The van der Waals surface area contributed by atoms with Crippen molar-refractivity contribution >= 4 is 46.6 Å². The van der Waals surface area contributed by atoms with E-state index >= 15 is 0 Å². The smallest absolute Gasteiger partial charge is 0.234 e. The third-order valence-corrected chi connectivity index (χ3v) is 4.55. The molecule has 3 nitrogen and oxygen atoms in total. The summed E-state index contributed by atoms with van der Waals surface area (Å²) in [5.41, 5.74) is 2.18. The summed E-state index contributed by atoms with van der Waals surface area (Å²) in [7, 11) is 0. The molecule has 0 aliphatic carbocycles. The maximum atomic E-state index is 11.9. The molecular formula is C16H12Cl2N2OS. The lowest BCUT2D eigenvalue weighted by atomic mass is 10.1. The molecule has 0 atom stereocenters. The van der Waals surface area contributed by atoms with Gasteiger partial charge < -0.3 is 5.32 Å². The van der Waals surface area contributed by atoms with Crippen LogP contribution in [-0.2, 0) is 10.5 Å². The molecule has 6 heteroatoms. The summed E-state index contributed by atoms with van der Waals surface area (Å²) in [6.07, 6.45) is 0. The number of hydrogen-bond acceptors (Lipinski definition) is 3. The first kappa shape index (κ1) is 16.7. The summed E-state index contributed by atoms with van der Waals surface area (Å²) in [5, 5.41) is 12.6. The molecule has 0 spiro atoms. The Balaban J connectivity index is 1.85. The van der Waals surface area contributed by atoms with Crippen LogP contribution < -0.4 is 5.32 Å². The first-order valence-electron chi connectivity index (χ1n) is 6.41. The number of nitrogens with one attached hydrogen (secondary N) is 1. The van der Waals surface area contributed by atoms with Gasteiger partial charge in [0.15, 0.2) is 0 Å². The van der Waals surface area contributed by atoms with Crippen molar-refractivity contribution in [3.8, 4) is 6.07 Å². The summed E-state index contributed by atoms with van der Waals surface area (Å²) in [5.74, 6) is 0.774. The number of nitrogens with zero attached hydrogens (tertiary/aromatic N) is 1. The van der Waals surface area contributed by atoms with E-state index in [-0.39, 0.29) is 5.91 Å². The second kappa shape index (κ2) is 8.09. The molecule has 0 fully saturated rings. The Morgan fingerprint density at radius 3 is 2.68 bits per heavy atom. The van der Waals surface area contributed by atoms with Crippen LogP contribution in [0.1, 0.15) is 11.1 Å². The Morgan fingerprint density at radius 2 is 1.95 bits per heavy atom. The van der Waals surface area contributed by atoms with E-state index in [0.717, 1.165) is 5.56 Å². The van der Waals surface area contributed by atoms with Gasteiger partial charge in [0.05, 0.1) is 27.4 Å². The average Bonchev–Trinajstić information content (AvgIpc) is 2.51. The van der Waals surface area contributed by atoms with Gasteiger partial charge in [-0.05, 0) is 29.8 Å². The van der Waals surface area contributed by atoms with E-state index in [2.05, 4.69) is 11.4 Å². The van der Waals surface area contributed by atoms with Crippen LogP contribution in [-0.4, -0.2) is 11.7 Å². The number of amides is 1. The second-order valence-corrected chi connectivity index (χ2v) is 6.24. The minimum absolute atomic E-state index is 0.127. The van der Waals surface area contributed by atoms with Crippen molar-refractivity contribution in [1.29, 1.82) is 5.26 Å². The zero-order valence-electron chi connectivity index (χ0n) is 11.5. The number of carbonyl (C=O) groups excluding carboxylic acids is 1. The van der Waals surface area contributed by atoms with Crippen molar-refractivity contribution in [2.75, 3.05) is 11.1 Å². The van der Waals surface area contributed by atoms with Gasteiger partial charge in [0.2, 0.25) is 5.91 Å². The van der Waals surface area contributed by atoms with Gasteiger partial charge in [0.25, 0.3) is 0 Å². The van der Waals surface area contributed by atoms with Crippen LogP contribution in [0.4, 0.5) is 5.69 Å². The van der Waals surface area contributed by atoms with E-state index in [0.29, 0.717) is 32.8 Å². The van der Waals surface area contributed by atoms with Gasteiger partial charge in [-0.25, -0.2) is 0 Å². The zero-order valence-corrected chi connectivity index (χ0v) is 13.8. The van der Waals surface area contributed by atoms with Crippen molar-refractivity contribution in [1.82, 2.24) is 0 Å². The molecule has 1 N–H and O–H groups in total. The molecule has 0 aliphatic heterocycles. The van der Waals surface area contributed by atoms with E-state index < -0.39 is 0 Å². The number of anilines is 1. The first-order chi connectivity index (χ1) is 10.6. The van der Waals surface area contributed by atoms with Gasteiger partial charge in [0, 0.05) is 11.4 Å². The maximum absolute atomic E-state index is 11.9. The maximum Gasteiger partial charge on any atom is 0.234 e. The van der Waals surface area contributed by atoms with E-state index in [1.165, 1.54) is 11.8 Å². The monoisotopic (exact) mass is 350 g/mol. The van der Waals surface area contributed by atoms with Crippen molar-refractivity contribution in [3.63, 3.8) is 0 Å². The molecule has 2 aromatic carbocycles. The molecule has 0 unspecified atom stereocenters. The number of hydrogen-bond donors (Lipinski definition) is 1. The van der Waals surface area contributed by atoms with Crippen LogP contribution in [0.25, 0.3) is 0 Å². The normalized spacial score (nSPS) is 10.0. The van der Waals surface area contributed by atoms with Gasteiger partial charge in [-0.1, -0.05) is 41.4 Å². The lowest BCUT2D eigenvalue weighted by Gasteiger charge is -2.07. The van der Waals surface area contributed by atoms with E-state index in [4.69, 9.17) is 28.5 Å². The standard InChI is InChI=1S/C16H12Cl2N2OS/c17-14-6-5-13(7-15(14)18)20-16(21)10-22-9-12-4-2-1-3-11(12)8-19/h1-7H,9-10H2,(H,20,21). The molecule has 2 aromatic rings. The fraction of sp³-hybridized carbons (Fsp3) is 0.125. The van der Waals surface area contributed by atoms with Crippen molar-refractivity contribution in [2.24, 2.45) is 0 Å². The Bertz CT molecular complexity index is 728. The van der Waals surface area contributed by atoms with E-state index in [9.17, 15) is 4.79 Å². The number of benzene rings is 2. The Hall–Kier alpha value is -1.67. The van der Waals surface area contributed by atoms with Crippen molar-refractivity contribution in [3.05, 3.63) is 63.6 Å². The average molecular weight is 351 g/mol. The number of thioether (sulfide) groups is 1. The number of nitriles is 1. The summed E-state index contributed by atoms with van der Waals surface area (Å²) in [4.78, 5) is 11.9. The summed E-state index contributed by atoms with van der Waals surface area (Å²) >= 11 is 13.2. The van der Waals surface area contributed by atoms with Gasteiger partial charge in [-0.15, -0.1) is 11.8 Å². The van der Waals surface area contributed by atoms with Crippen LogP contribution >= 0.6 is 35.0 Å². The molecular weight excluding hydrogens is 339 g/mol. The van der Waals surface area contributed by atoms with Gasteiger partial charge in [-0.3, -0.25) is 4.79 Å². The van der Waals surface area contributed by atoms with Crippen LogP contribution in [0.15, 0.2) is 42.5 Å². The van der Waals surface area contributed by atoms with Crippen molar-refractivity contribution < 1.29 is 4.79 Å². The van der Waals surface area contributed by atoms with E-state index in [1.807, 2.05) is 18.2 Å². The number of rotatable bonds is 5. The number of carbonyl (C=O) groups is 1. The predicted octanol–water partition coefficient (Wildman–Crippen LogP) is 4.74. The summed E-state index contributed by atoms with van der Waals surface area (Å²) in [6, 6.07) is 14.4. The summed E-state index contributed by atoms with van der Waals surface area (Å²) in [6.45, 7) is 0. The topological polar surface area (TPSA) is 52.9 Å². The van der Waals surface area contributed by atoms with Crippen molar-refractivity contribution in [2.45, 2.75) is 5.75 Å². The Morgan fingerprint density at radius 1 is 1.18 bits per heavy atom. The van der Waals surface area contributed by atoms with Crippen LogP contribution in [0, 0.1) is 11.3 Å². The molecule has 0 saturated carbocycles. The predicted molar refractivity (Wildman–Crippen MR) is 92.4 cm³/mol. The molecule has 0 aliphatic rings. The minimum atomic E-state index is -0.127. The van der Waals surface area contributed by atoms with Crippen LogP contribution in [0.3, 0.4) is 0 Å². The SMILES string of the molecule is N#Cc1ccccc1CSCC(=O)Nc1ccc(Cl)c(Cl)c1. The molecule has 22 heavy (non-hydrogen) atoms. The van der Waals surface area contributed by atoms with Crippen LogP contribution in [0.2, 0.25) is 10.0 Å². The third kappa shape index (κ3) is 4.67. The first-order valence-corrected chi connectivity index (χ1v) is 8.32. The molecule has 0 bridgehead atoms. The molecule has 1 amide bonds. The highest BCUT2D eigenvalue weighted by atomic mass is 35.5. The van der Waals surface area contributed by atoms with Gasteiger partial charge >= 0.3 is 0 Å². The molecule has 112 valence electrons. The largest absolute Gasteiger partial charge is 0.325 e. The molecule has 2 rings (SSSR count). The molecule has 0 saturated heterocycles. The summed E-state index contributed by atoms with van der Waals surface area (Å²) < 4.78 is 0. The highest BCUT2D eigenvalue weighted by Crippen LogP contribution is 2.25. The van der Waals surface area contributed by atoms with Gasteiger partial charge in [0.1, 0.15) is 0 Å². The molecule has 0 aromatic heterocycles. The fourth-order valence-corrected chi connectivity index (χ4v) is 2.91. The highest BCUT2D eigenvalue weighted by Gasteiger charge is 2.06. The van der Waals surface area contributed by atoms with Gasteiger partial charge in [-0.2, -0.15) is 5.26 Å². The molecule has 0 radical (unpaired) electrons. The lowest BCUT2D eigenvalue weighted by molar-refractivity contribution is -0.113. The van der Waals surface area contributed by atoms with E-state index in [1.54, 1.807) is 24.3 Å². The zero-order chi connectivity index (χ0) is 15.9. The second-order valence-electron chi connectivity index (χ2n) is 4.44. The lowest BCUT2D eigenvalue weighted by Crippen LogP contribution is -2.14. The molecule has 0 heterocycles. The quantitative estimate of drug-likeness (QED) is 0.847. The van der Waals surface area contributed by atoms with Crippen LogP contribution in [0.5, 0.6) is 0 Å². The highest BCUT2D eigenvalue weighted by molar-refractivity contribution is 7.99. The minimum Gasteiger partial charge on any atom is -0.325 e. The third-order valence-electron chi connectivity index (χ3n) is 2.83. The number of halogens is 2. The Kier molecular flexibility index (Phi) is 6.14.